The van der Waals surface area contributed by atoms with Gasteiger partial charge >= 0.3 is 12.4 Å². The molecule has 0 atom stereocenters. The maximum absolute atomic E-state index is 13.8. The summed E-state index contributed by atoms with van der Waals surface area (Å²) < 4.78 is 157. The van der Waals surface area contributed by atoms with E-state index in [0.717, 1.165) is 0 Å². The van der Waals surface area contributed by atoms with Crippen LogP contribution in [0.4, 0.5) is 54.0 Å². The normalized spacial score (nSPS) is 12.3. The summed E-state index contributed by atoms with van der Waals surface area (Å²) in [4.78, 5) is 12.3. The molecule has 16 heteroatoms. The van der Waals surface area contributed by atoms with Crippen LogP contribution < -0.4 is 20.3 Å². The van der Waals surface area contributed by atoms with Crippen LogP contribution >= 0.6 is 0 Å². The topological polar surface area (TPSA) is 59.6 Å². The van der Waals surface area contributed by atoms with Crippen molar-refractivity contribution < 1.29 is 62.6 Å². The van der Waals surface area contributed by atoms with Crippen LogP contribution in [0.15, 0.2) is 42.0 Å². The van der Waals surface area contributed by atoms with Gasteiger partial charge in [-0.3, -0.25) is 15.6 Å². The lowest BCUT2D eigenvalue weighted by atomic mass is 10.0. The summed E-state index contributed by atoms with van der Waals surface area (Å²) in [5.74, 6) is -12.5. The number of hydrogen-bond acceptors (Lipinski definition) is 4. The zero-order chi connectivity index (χ0) is 31.6. The Morgan fingerprint density at radius 1 is 0.810 bits per heavy atom. The average molecular weight is 614 g/mol. The van der Waals surface area contributed by atoms with E-state index in [-0.39, 0.29) is 28.7 Å². The molecule has 3 rings (SSSR count). The van der Waals surface area contributed by atoms with Crippen LogP contribution in [-0.2, 0) is 23.8 Å². The van der Waals surface area contributed by atoms with Crippen LogP contribution in [0.25, 0.3) is 6.08 Å². The number of hydrogen-bond donors (Lipinski definition) is 2. The van der Waals surface area contributed by atoms with Crippen molar-refractivity contribution in [1.29, 1.82) is 0 Å². The molecule has 0 fully saturated rings. The van der Waals surface area contributed by atoms with E-state index in [1.165, 1.54) is 38.3 Å². The Kier molecular flexibility index (Phi) is 9.27. The maximum atomic E-state index is 13.8. The Morgan fingerprint density at radius 3 is 1.95 bits per heavy atom. The van der Waals surface area contributed by atoms with Gasteiger partial charge in [-0.1, -0.05) is 12.1 Å². The molecular formula is C26H17F11N2O3. The minimum Gasteiger partial charge on any atom is -0.493 e. The number of rotatable bonds is 8. The van der Waals surface area contributed by atoms with Gasteiger partial charge in [0.15, 0.2) is 34.8 Å². The summed E-state index contributed by atoms with van der Waals surface area (Å²) in [6.07, 6.45) is -8.91. The molecule has 0 bridgehead atoms. The smallest absolute Gasteiger partial charge is 0.416 e. The Balaban J connectivity index is 1.77. The highest BCUT2D eigenvalue weighted by Gasteiger charge is 2.38. The van der Waals surface area contributed by atoms with E-state index in [1.807, 2.05) is 0 Å². The largest absolute Gasteiger partial charge is 0.493 e. The van der Waals surface area contributed by atoms with Gasteiger partial charge in [0, 0.05) is 11.1 Å². The number of benzene rings is 3. The van der Waals surface area contributed by atoms with E-state index in [0.29, 0.717) is 12.1 Å². The SMILES string of the molecule is COc1cc(C=C(C)C(=O)NNc2c(F)c(F)c(F)c(F)c2F)ccc1OCc1ccc(C(F)(F)F)cc1C(F)(F)F. The van der Waals surface area contributed by atoms with Crippen LogP contribution in [0, 0.1) is 29.1 Å². The van der Waals surface area contributed by atoms with Crippen molar-refractivity contribution in [3.63, 3.8) is 0 Å². The average Bonchev–Trinajstić information content (AvgIpc) is 2.92. The molecular weight excluding hydrogens is 597 g/mol. The van der Waals surface area contributed by atoms with Gasteiger partial charge in [0.05, 0.1) is 18.2 Å². The molecule has 0 aliphatic rings. The van der Waals surface area contributed by atoms with Gasteiger partial charge < -0.3 is 9.47 Å². The summed E-state index contributed by atoms with van der Waals surface area (Å²) in [5, 5.41) is 0. The van der Waals surface area contributed by atoms with Crippen LogP contribution in [0.2, 0.25) is 0 Å². The highest BCUT2D eigenvalue weighted by atomic mass is 19.4. The van der Waals surface area contributed by atoms with E-state index in [1.54, 1.807) is 10.9 Å². The van der Waals surface area contributed by atoms with Crippen LogP contribution in [-0.4, -0.2) is 13.0 Å². The van der Waals surface area contributed by atoms with Gasteiger partial charge in [0.25, 0.3) is 5.91 Å². The van der Waals surface area contributed by atoms with Crippen molar-refractivity contribution in [2.24, 2.45) is 0 Å². The molecule has 0 aliphatic carbocycles. The first-order valence-electron chi connectivity index (χ1n) is 11.3. The lowest BCUT2D eigenvalue weighted by molar-refractivity contribution is -0.143. The number of halogens is 11. The van der Waals surface area contributed by atoms with Crippen molar-refractivity contribution in [2.45, 2.75) is 25.9 Å². The van der Waals surface area contributed by atoms with Gasteiger partial charge in [0.1, 0.15) is 12.3 Å². The third-order valence-electron chi connectivity index (χ3n) is 5.57. The third kappa shape index (κ3) is 7.03. The summed E-state index contributed by atoms with van der Waals surface area (Å²) in [6.45, 7) is 0.430. The van der Waals surface area contributed by atoms with Crippen molar-refractivity contribution in [2.75, 3.05) is 12.5 Å². The minimum atomic E-state index is -5.11. The number of amides is 1. The second kappa shape index (κ2) is 12.2. The molecule has 226 valence electrons. The number of alkyl halides is 6. The number of carbonyl (C=O) groups excluding carboxylic acids is 1. The maximum Gasteiger partial charge on any atom is 0.416 e. The molecule has 0 aromatic heterocycles. The standard InChI is InChI=1S/C26H17F11N2O3/c1-11(24(40)39-38-23-21(30)19(28)18(27)20(29)22(23)31)7-12-3-6-16(17(8-12)41-2)42-10-13-4-5-14(25(32,33)34)9-15(13)26(35,36)37/h3-9,38H,10H2,1-2H3,(H,39,40). The number of hydrazine groups is 1. The van der Waals surface area contributed by atoms with Gasteiger partial charge in [-0.2, -0.15) is 26.3 Å². The Morgan fingerprint density at radius 2 is 1.40 bits per heavy atom. The Hall–Kier alpha value is -4.50. The second-order valence-electron chi connectivity index (χ2n) is 8.42. The molecule has 0 radical (unpaired) electrons. The molecule has 0 saturated heterocycles. The predicted octanol–water partition coefficient (Wildman–Crippen LogP) is 7.55. The predicted molar refractivity (Wildman–Crippen MR) is 125 cm³/mol. The summed E-state index contributed by atoms with van der Waals surface area (Å²) >= 11 is 0. The molecule has 1 amide bonds. The van der Waals surface area contributed by atoms with Crippen molar-refractivity contribution in [3.05, 3.63) is 93.3 Å². The third-order valence-corrected chi connectivity index (χ3v) is 5.57. The van der Waals surface area contributed by atoms with Crippen molar-refractivity contribution >= 4 is 17.7 Å². The molecule has 5 nitrogen and oxygen atoms in total. The van der Waals surface area contributed by atoms with Gasteiger partial charge in [-0.15, -0.1) is 0 Å². The lowest BCUT2D eigenvalue weighted by Gasteiger charge is -2.17. The van der Waals surface area contributed by atoms with Gasteiger partial charge in [0.2, 0.25) is 5.82 Å². The Labute approximate surface area is 229 Å². The zero-order valence-corrected chi connectivity index (χ0v) is 21.1. The van der Waals surface area contributed by atoms with Crippen molar-refractivity contribution in [3.8, 4) is 11.5 Å². The molecule has 0 saturated carbocycles. The fourth-order valence-corrected chi connectivity index (χ4v) is 3.44. The second-order valence-corrected chi connectivity index (χ2v) is 8.42. The van der Waals surface area contributed by atoms with E-state index < -0.39 is 76.3 Å². The number of ether oxygens (including phenoxy) is 2. The molecule has 3 aromatic carbocycles. The van der Waals surface area contributed by atoms with Gasteiger partial charge in [-0.25, -0.2) is 22.0 Å². The number of carbonyl (C=O) groups is 1. The van der Waals surface area contributed by atoms with Crippen LogP contribution in [0.5, 0.6) is 11.5 Å². The van der Waals surface area contributed by atoms with E-state index >= 15 is 0 Å². The zero-order valence-electron chi connectivity index (χ0n) is 21.1. The quantitative estimate of drug-likeness (QED) is 0.0905. The van der Waals surface area contributed by atoms with E-state index in [9.17, 15) is 53.1 Å². The molecule has 3 aromatic rings. The molecule has 42 heavy (non-hydrogen) atoms. The molecule has 0 aliphatic heterocycles. The number of nitrogens with one attached hydrogen (secondary N) is 2. The van der Waals surface area contributed by atoms with E-state index in [4.69, 9.17) is 9.47 Å². The van der Waals surface area contributed by atoms with Gasteiger partial charge in [-0.05, 0) is 42.8 Å². The fraction of sp³-hybridized carbons (Fsp3) is 0.192. The first-order valence-corrected chi connectivity index (χ1v) is 11.3. The molecule has 0 heterocycles. The molecule has 2 N–H and O–H groups in total. The highest BCUT2D eigenvalue weighted by Crippen LogP contribution is 2.38. The van der Waals surface area contributed by atoms with Crippen LogP contribution in [0.3, 0.4) is 0 Å². The first kappa shape index (κ1) is 32.0. The monoisotopic (exact) mass is 614 g/mol. The fourth-order valence-electron chi connectivity index (χ4n) is 3.44. The summed E-state index contributed by atoms with van der Waals surface area (Å²) in [7, 11) is 1.17. The summed E-state index contributed by atoms with van der Waals surface area (Å²) in [6, 6.07) is 4.88. The Bertz CT molecular complexity index is 1500. The number of methoxy groups -OCH3 is 1. The minimum absolute atomic E-state index is 0.0294. The molecule has 0 unspecified atom stereocenters. The number of anilines is 1. The van der Waals surface area contributed by atoms with E-state index in [2.05, 4.69) is 0 Å². The van der Waals surface area contributed by atoms with Crippen molar-refractivity contribution in [1.82, 2.24) is 5.43 Å². The highest BCUT2D eigenvalue weighted by molar-refractivity contribution is 5.97. The first-order chi connectivity index (χ1) is 19.4. The lowest BCUT2D eigenvalue weighted by Crippen LogP contribution is -2.31. The summed E-state index contributed by atoms with van der Waals surface area (Å²) in [5.41, 5.74) is -1.65. The molecule has 0 spiro atoms. The van der Waals surface area contributed by atoms with Crippen LogP contribution in [0.1, 0.15) is 29.2 Å².